The van der Waals surface area contributed by atoms with Crippen LogP contribution in [0.3, 0.4) is 0 Å². The molecule has 51 heavy (non-hydrogen) atoms. The van der Waals surface area contributed by atoms with Gasteiger partial charge >= 0.3 is 0 Å². The van der Waals surface area contributed by atoms with E-state index in [2.05, 4.69) is 135 Å². The molecule has 0 atom stereocenters. The van der Waals surface area contributed by atoms with Crippen molar-refractivity contribution in [2.24, 2.45) is 11.5 Å². The van der Waals surface area contributed by atoms with Crippen LogP contribution in [0.2, 0.25) is 0 Å². The molecule has 6 heteroatoms. The van der Waals surface area contributed by atoms with Crippen molar-refractivity contribution in [1.29, 1.82) is 0 Å². The van der Waals surface area contributed by atoms with Gasteiger partial charge in [0, 0.05) is 36.1 Å². The lowest BCUT2D eigenvalue weighted by molar-refractivity contribution is 0.628. The van der Waals surface area contributed by atoms with Crippen LogP contribution in [-0.2, 0) is 19.3 Å². The third-order valence-corrected chi connectivity index (χ3v) is 7.41. The molecule has 0 fully saturated rings. The van der Waals surface area contributed by atoms with Crippen LogP contribution in [0.4, 0.5) is 10.1 Å². The summed E-state index contributed by atoms with van der Waals surface area (Å²) in [5.74, 6) is 6.37. The molecule has 4 rings (SSSR count). The first-order valence-corrected chi connectivity index (χ1v) is 19.7. The first-order chi connectivity index (χ1) is 24.6. The fraction of sp³-hybridized carbons (Fsp3) is 0.244. The number of hydrogen-bond donors (Lipinski definition) is 4. The molecule has 0 aliphatic carbocycles. The molecule has 270 valence electrons. The van der Waals surface area contributed by atoms with Crippen molar-refractivity contribution in [3.8, 4) is 11.8 Å². The van der Waals surface area contributed by atoms with E-state index in [4.69, 9.17) is 11.5 Å². The minimum absolute atomic E-state index is 0.180. The summed E-state index contributed by atoms with van der Waals surface area (Å²) in [6.07, 6.45) is 12.2. The summed E-state index contributed by atoms with van der Waals surface area (Å²) < 4.78 is 13.1. The molecule has 4 nitrogen and oxygen atoms in total. The van der Waals surface area contributed by atoms with Crippen molar-refractivity contribution in [2.75, 3.05) is 24.9 Å². The SMILES string of the molecule is C=C(C)N.C=C(Cc1cccc(C#CCCc2cccc(Cc3ccccc3)c2)c1)Nc1ccc(F)cc1.C=CN/C=C/CCC.CP(C)CN. The molecule has 0 aromatic heterocycles. The highest BCUT2D eigenvalue weighted by Gasteiger charge is 2.01. The van der Waals surface area contributed by atoms with Gasteiger partial charge in [0.05, 0.1) is 0 Å². The van der Waals surface area contributed by atoms with E-state index < -0.39 is 0 Å². The molecule has 0 radical (unpaired) electrons. The van der Waals surface area contributed by atoms with Gasteiger partial charge in [-0.2, -0.15) is 0 Å². The fourth-order valence-corrected chi connectivity index (χ4v) is 4.27. The number of unbranched alkanes of at least 4 members (excludes halogenated alkanes) is 1. The normalized spacial score (nSPS) is 9.78. The highest BCUT2D eigenvalue weighted by atomic mass is 31.1. The number of nitrogens with two attached hydrogens (primary N) is 2. The maximum Gasteiger partial charge on any atom is 0.123 e. The van der Waals surface area contributed by atoms with Crippen molar-refractivity contribution in [2.45, 2.75) is 52.4 Å². The number of allylic oxidation sites excluding steroid dienone is 3. The Hall–Kier alpha value is -4.88. The summed E-state index contributed by atoms with van der Waals surface area (Å²) in [7, 11) is 0.180. The van der Waals surface area contributed by atoms with Crippen molar-refractivity contribution in [3.05, 3.63) is 186 Å². The molecule has 0 aliphatic heterocycles. The first-order valence-electron chi connectivity index (χ1n) is 17.2. The second kappa shape index (κ2) is 27.9. The van der Waals surface area contributed by atoms with E-state index >= 15 is 0 Å². The topological polar surface area (TPSA) is 76.1 Å². The van der Waals surface area contributed by atoms with Gasteiger partial charge in [-0.3, -0.25) is 0 Å². The second-order valence-electron chi connectivity index (χ2n) is 12.1. The molecular weight excluding hydrogens is 646 g/mol. The molecule has 4 aromatic rings. The standard InChI is InChI=1S/C32H28FN.C7H13N.C3H10NP.C3H7N/c1-25(34-32-19-17-31(33)18-20-32)21-29-15-7-13-27(22-29)11-5-6-12-28-14-8-16-30(24-28)23-26-9-3-2-4-10-26;1-3-5-6-7-8-4-2;1-5(2)3-4;1-3(2)4/h2-4,7-10,13-20,22,24,34H,1,6,12,21,23H2;4,6-8H,2-3,5H2,1H3;3-4H2,1-2H3;1,4H2,2H3/b;7-6+;;. The molecule has 0 amide bonds. The summed E-state index contributed by atoms with van der Waals surface area (Å²) in [6, 6.07) is 33.9. The molecule has 0 heterocycles. The molecule has 0 spiro atoms. The van der Waals surface area contributed by atoms with Crippen LogP contribution in [0.25, 0.3) is 0 Å². The largest absolute Gasteiger partial charge is 0.403 e. The Bertz CT molecular complexity index is 1650. The lowest BCUT2D eigenvalue weighted by atomic mass is 10.0. The molecule has 0 aliphatic rings. The molecule has 0 bridgehead atoms. The summed E-state index contributed by atoms with van der Waals surface area (Å²) >= 11 is 0. The maximum absolute atomic E-state index is 13.1. The van der Waals surface area contributed by atoms with Crippen LogP contribution in [-0.4, -0.2) is 19.6 Å². The third-order valence-electron chi connectivity index (χ3n) is 6.68. The van der Waals surface area contributed by atoms with Gasteiger partial charge in [0.1, 0.15) is 5.82 Å². The quantitative estimate of drug-likeness (QED) is 0.0825. The molecule has 0 unspecified atom stereocenters. The average molecular weight is 705 g/mol. The highest BCUT2D eigenvalue weighted by Crippen LogP contribution is 2.19. The number of anilines is 1. The zero-order valence-electron chi connectivity index (χ0n) is 31.1. The molecule has 0 saturated heterocycles. The number of halogens is 1. The highest BCUT2D eigenvalue weighted by molar-refractivity contribution is 7.55. The third kappa shape index (κ3) is 24.0. The van der Waals surface area contributed by atoms with Crippen LogP contribution < -0.4 is 22.1 Å². The van der Waals surface area contributed by atoms with Gasteiger partial charge in [0.25, 0.3) is 0 Å². The Balaban J connectivity index is 0.000000635. The van der Waals surface area contributed by atoms with Crippen molar-refractivity contribution in [1.82, 2.24) is 5.32 Å². The lowest BCUT2D eigenvalue weighted by Gasteiger charge is -2.10. The number of aryl methyl sites for hydroxylation is 1. The number of nitrogens with one attached hydrogen (secondary N) is 2. The summed E-state index contributed by atoms with van der Waals surface area (Å²) in [5.41, 5.74) is 18.6. The van der Waals surface area contributed by atoms with Crippen LogP contribution >= 0.6 is 7.92 Å². The summed E-state index contributed by atoms with van der Waals surface area (Å²) in [5, 5.41) is 6.10. The van der Waals surface area contributed by atoms with E-state index in [0.29, 0.717) is 12.1 Å². The van der Waals surface area contributed by atoms with Gasteiger partial charge in [-0.05, 0) is 116 Å². The summed E-state index contributed by atoms with van der Waals surface area (Å²) in [4.78, 5) is 0. The zero-order valence-corrected chi connectivity index (χ0v) is 32.0. The van der Waals surface area contributed by atoms with E-state index in [-0.39, 0.29) is 13.7 Å². The Kier molecular flexibility index (Phi) is 24.1. The molecule has 4 aromatic carbocycles. The molecule has 0 saturated carbocycles. The number of benzene rings is 4. The zero-order chi connectivity index (χ0) is 37.7. The van der Waals surface area contributed by atoms with E-state index in [0.717, 1.165) is 54.5 Å². The van der Waals surface area contributed by atoms with Crippen LogP contribution in [0, 0.1) is 17.7 Å². The van der Waals surface area contributed by atoms with Gasteiger partial charge in [-0.15, -0.1) is 0 Å². The number of rotatable bonds is 13. The molecule has 6 N–H and O–H groups in total. The second-order valence-corrected chi connectivity index (χ2v) is 14.6. The monoisotopic (exact) mass is 704 g/mol. The Morgan fingerprint density at radius 2 is 1.47 bits per heavy atom. The maximum atomic E-state index is 13.1. The van der Waals surface area contributed by atoms with Crippen molar-refractivity contribution >= 4 is 13.6 Å². The molecular formula is C45H58FN4P. The van der Waals surface area contributed by atoms with Crippen molar-refractivity contribution in [3.63, 3.8) is 0 Å². The smallest absolute Gasteiger partial charge is 0.123 e. The minimum atomic E-state index is -0.248. The Morgan fingerprint density at radius 1 is 0.863 bits per heavy atom. The van der Waals surface area contributed by atoms with E-state index in [1.54, 1.807) is 25.3 Å². The fourth-order valence-electron chi connectivity index (χ4n) is 4.27. The Labute approximate surface area is 309 Å². The predicted molar refractivity (Wildman–Crippen MR) is 224 cm³/mol. The average Bonchev–Trinajstić information content (AvgIpc) is 3.11. The van der Waals surface area contributed by atoms with E-state index in [9.17, 15) is 4.39 Å². The van der Waals surface area contributed by atoms with Crippen molar-refractivity contribution < 1.29 is 4.39 Å². The van der Waals surface area contributed by atoms with E-state index in [1.807, 2.05) is 18.3 Å². The first kappa shape index (κ1) is 44.1. The van der Waals surface area contributed by atoms with Gasteiger partial charge in [-0.25, -0.2) is 4.39 Å². The van der Waals surface area contributed by atoms with Gasteiger partial charge in [-0.1, -0.05) is 126 Å². The van der Waals surface area contributed by atoms with Gasteiger partial charge in [0.2, 0.25) is 0 Å². The van der Waals surface area contributed by atoms with Crippen LogP contribution in [0.5, 0.6) is 0 Å². The lowest BCUT2D eigenvalue weighted by Crippen LogP contribution is -2.01. The Morgan fingerprint density at radius 3 is 2.10 bits per heavy atom. The summed E-state index contributed by atoms with van der Waals surface area (Å²) in [6.45, 7) is 19.2. The van der Waals surface area contributed by atoms with Crippen LogP contribution in [0.1, 0.15) is 60.9 Å². The minimum Gasteiger partial charge on any atom is -0.403 e. The van der Waals surface area contributed by atoms with Gasteiger partial charge in [0.15, 0.2) is 0 Å². The predicted octanol–water partition coefficient (Wildman–Crippen LogP) is 10.7. The number of hydrogen-bond acceptors (Lipinski definition) is 4. The van der Waals surface area contributed by atoms with Gasteiger partial charge < -0.3 is 22.1 Å². The van der Waals surface area contributed by atoms with E-state index in [1.165, 1.54) is 35.2 Å². The van der Waals surface area contributed by atoms with Crippen LogP contribution in [0.15, 0.2) is 153 Å².